The third-order valence-electron chi connectivity index (χ3n) is 2.96. The molecule has 0 saturated carbocycles. The minimum atomic E-state index is -0.722. The molecule has 2 aromatic carbocycles. The molecule has 0 saturated heterocycles. The van der Waals surface area contributed by atoms with Gasteiger partial charge in [0, 0.05) is 24.8 Å². The largest absolute Gasteiger partial charge is 0.387 e. The molecular weight excluding hydrogens is 271 g/mol. The van der Waals surface area contributed by atoms with E-state index in [4.69, 9.17) is 0 Å². The number of hydrogen-bond donors (Lipinski definition) is 3. The SMILES string of the molecule is CC(=O)Nc1ccc(NCC(O)c2ccc(F)cc2)cc1. The molecule has 0 aromatic heterocycles. The lowest BCUT2D eigenvalue weighted by Gasteiger charge is -2.13. The molecule has 1 atom stereocenters. The Morgan fingerprint density at radius 2 is 1.67 bits per heavy atom. The van der Waals surface area contributed by atoms with Gasteiger partial charge in [-0.1, -0.05) is 12.1 Å². The second kappa shape index (κ2) is 6.85. The molecule has 0 heterocycles. The summed E-state index contributed by atoms with van der Waals surface area (Å²) in [5.41, 5.74) is 2.19. The molecule has 0 spiro atoms. The van der Waals surface area contributed by atoms with Crippen molar-refractivity contribution in [2.45, 2.75) is 13.0 Å². The van der Waals surface area contributed by atoms with Gasteiger partial charge in [-0.05, 0) is 42.0 Å². The molecule has 5 heteroatoms. The molecule has 0 aliphatic heterocycles. The molecule has 0 radical (unpaired) electrons. The first kappa shape index (κ1) is 15.0. The number of hydrogen-bond acceptors (Lipinski definition) is 3. The number of aliphatic hydroxyl groups is 1. The third kappa shape index (κ3) is 4.57. The fourth-order valence-electron chi connectivity index (χ4n) is 1.89. The van der Waals surface area contributed by atoms with Crippen LogP contribution in [0.1, 0.15) is 18.6 Å². The predicted molar refractivity (Wildman–Crippen MR) is 80.6 cm³/mol. The van der Waals surface area contributed by atoms with E-state index in [9.17, 15) is 14.3 Å². The second-order valence-corrected chi connectivity index (χ2v) is 4.71. The molecule has 0 aliphatic rings. The predicted octanol–water partition coefficient (Wildman–Crippen LogP) is 2.93. The molecule has 0 bridgehead atoms. The van der Waals surface area contributed by atoms with Crippen LogP contribution >= 0.6 is 0 Å². The van der Waals surface area contributed by atoms with Crippen LogP contribution in [0.25, 0.3) is 0 Å². The molecular formula is C16H17FN2O2. The standard InChI is InChI=1S/C16H17FN2O2/c1-11(20)19-15-8-6-14(7-9-15)18-10-16(21)12-2-4-13(17)5-3-12/h2-9,16,18,21H,10H2,1H3,(H,19,20). The Hall–Kier alpha value is -2.40. The van der Waals surface area contributed by atoms with Gasteiger partial charge in [-0.2, -0.15) is 0 Å². The molecule has 0 fully saturated rings. The fourth-order valence-corrected chi connectivity index (χ4v) is 1.89. The minimum Gasteiger partial charge on any atom is -0.387 e. The van der Waals surface area contributed by atoms with Crippen LogP contribution in [0, 0.1) is 5.82 Å². The Morgan fingerprint density at radius 1 is 1.10 bits per heavy atom. The van der Waals surface area contributed by atoms with Crippen LogP contribution in [0.4, 0.5) is 15.8 Å². The lowest BCUT2D eigenvalue weighted by molar-refractivity contribution is -0.114. The summed E-state index contributed by atoms with van der Waals surface area (Å²) in [6, 6.07) is 12.9. The molecule has 3 N–H and O–H groups in total. The van der Waals surface area contributed by atoms with E-state index >= 15 is 0 Å². The molecule has 2 aromatic rings. The van der Waals surface area contributed by atoms with Crippen molar-refractivity contribution in [1.29, 1.82) is 0 Å². The van der Waals surface area contributed by atoms with Gasteiger partial charge < -0.3 is 15.7 Å². The molecule has 4 nitrogen and oxygen atoms in total. The number of aliphatic hydroxyl groups excluding tert-OH is 1. The lowest BCUT2D eigenvalue weighted by atomic mass is 10.1. The normalized spacial score (nSPS) is 11.8. The van der Waals surface area contributed by atoms with Gasteiger partial charge in [-0.15, -0.1) is 0 Å². The minimum absolute atomic E-state index is 0.123. The van der Waals surface area contributed by atoms with E-state index in [1.165, 1.54) is 19.1 Å². The van der Waals surface area contributed by atoms with Gasteiger partial charge in [-0.25, -0.2) is 4.39 Å². The number of halogens is 1. The lowest BCUT2D eigenvalue weighted by Crippen LogP contribution is -2.12. The number of anilines is 2. The summed E-state index contributed by atoms with van der Waals surface area (Å²) in [5, 5.41) is 15.8. The van der Waals surface area contributed by atoms with Gasteiger partial charge in [0.25, 0.3) is 0 Å². The highest BCUT2D eigenvalue weighted by Crippen LogP contribution is 2.17. The topological polar surface area (TPSA) is 61.4 Å². The number of carbonyl (C=O) groups is 1. The number of rotatable bonds is 5. The number of carbonyl (C=O) groups excluding carboxylic acids is 1. The Balaban J connectivity index is 1.90. The first-order valence-electron chi connectivity index (χ1n) is 6.59. The quantitative estimate of drug-likeness (QED) is 0.792. The summed E-state index contributed by atoms with van der Waals surface area (Å²) in [4.78, 5) is 10.9. The van der Waals surface area contributed by atoms with Gasteiger partial charge >= 0.3 is 0 Å². The monoisotopic (exact) mass is 288 g/mol. The molecule has 110 valence electrons. The Bertz CT molecular complexity index is 597. The van der Waals surface area contributed by atoms with E-state index in [0.717, 1.165) is 5.69 Å². The van der Waals surface area contributed by atoms with E-state index in [1.807, 2.05) is 12.1 Å². The van der Waals surface area contributed by atoms with E-state index in [2.05, 4.69) is 10.6 Å². The van der Waals surface area contributed by atoms with Crippen molar-refractivity contribution in [3.63, 3.8) is 0 Å². The van der Waals surface area contributed by atoms with Crippen LogP contribution in [-0.2, 0) is 4.79 Å². The molecule has 0 aliphatic carbocycles. The van der Waals surface area contributed by atoms with Crippen molar-refractivity contribution in [3.8, 4) is 0 Å². The van der Waals surface area contributed by atoms with E-state index in [0.29, 0.717) is 17.8 Å². The highest BCUT2D eigenvalue weighted by Gasteiger charge is 2.07. The van der Waals surface area contributed by atoms with Gasteiger partial charge in [0.1, 0.15) is 5.82 Å². The van der Waals surface area contributed by atoms with Crippen LogP contribution in [0.15, 0.2) is 48.5 Å². The number of amides is 1. The van der Waals surface area contributed by atoms with Crippen LogP contribution in [0.3, 0.4) is 0 Å². The summed E-state index contributed by atoms with van der Waals surface area (Å²) >= 11 is 0. The maximum atomic E-state index is 12.8. The molecule has 2 rings (SSSR count). The van der Waals surface area contributed by atoms with Crippen molar-refractivity contribution in [2.24, 2.45) is 0 Å². The van der Waals surface area contributed by atoms with E-state index in [-0.39, 0.29) is 11.7 Å². The van der Waals surface area contributed by atoms with Crippen molar-refractivity contribution in [2.75, 3.05) is 17.2 Å². The summed E-state index contributed by atoms with van der Waals surface area (Å²) in [5.74, 6) is -0.449. The first-order valence-corrected chi connectivity index (χ1v) is 6.59. The average Bonchev–Trinajstić information content (AvgIpc) is 2.46. The van der Waals surface area contributed by atoms with Gasteiger partial charge in [0.15, 0.2) is 0 Å². The van der Waals surface area contributed by atoms with E-state index < -0.39 is 6.10 Å². The smallest absolute Gasteiger partial charge is 0.221 e. The van der Waals surface area contributed by atoms with Crippen LogP contribution in [-0.4, -0.2) is 17.6 Å². The van der Waals surface area contributed by atoms with Crippen LogP contribution in [0.5, 0.6) is 0 Å². The van der Waals surface area contributed by atoms with Gasteiger partial charge in [0.2, 0.25) is 5.91 Å². The zero-order chi connectivity index (χ0) is 15.2. The Morgan fingerprint density at radius 3 is 2.24 bits per heavy atom. The number of nitrogens with one attached hydrogen (secondary N) is 2. The van der Waals surface area contributed by atoms with Crippen molar-refractivity contribution >= 4 is 17.3 Å². The summed E-state index contributed by atoms with van der Waals surface area (Å²) in [7, 11) is 0. The average molecular weight is 288 g/mol. The van der Waals surface area contributed by atoms with Crippen molar-refractivity contribution < 1.29 is 14.3 Å². The third-order valence-corrected chi connectivity index (χ3v) is 2.96. The van der Waals surface area contributed by atoms with Gasteiger partial charge in [0.05, 0.1) is 6.10 Å². The fraction of sp³-hybridized carbons (Fsp3) is 0.188. The Kier molecular flexibility index (Phi) is 4.90. The highest BCUT2D eigenvalue weighted by molar-refractivity contribution is 5.88. The van der Waals surface area contributed by atoms with Crippen LogP contribution in [0.2, 0.25) is 0 Å². The summed E-state index contributed by atoms with van der Waals surface area (Å²) in [6.45, 7) is 1.76. The second-order valence-electron chi connectivity index (χ2n) is 4.71. The Labute approximate surface area is 122 Å². The molecule has 1 amide bonds. The first-order chi connectivity index (χ1) is 10.0. The van der Waals surface area contributed by atoms with Crippen molar-refractivity contribution in [1.82, 2.24) is 0 Å². The zero-order valence-corrected chi connectivity index (χ0v) is 11.6. The zero-order valence-electron chi connectivity index (χ0n) is 11.6. The molecule has 21 heavy (non-hydrogen) atoms. The summed E-state index contributed by atoms with van der Waals surface area (Å²) < 4.78 is 12.8. The maximum Gasteiger partial charge on any atom is 0.221 e. The van der Waals surface area contributed by atoms with Crippen molar-refractivity contribution in [3.05, 3.63) is 59.9 Å². The molecule has 1 unspecified atom stereocenters. The summed E-state index contributed by atoms with van der Waals surface area (Å²) in [6.07, 6.45) is -0.722. The number of benzene rings is 2. The van der Waals surface area contributed by atoms with E-state index in [1.54, 1.807) is 24.3 Å². The van der Waals surface area contributed by atoms with Gasteiger partial charge in [-0.3, -0.25) is 4.79 Å². The van der Waals surface area contributed by atoms with Crippen LogP contribution < -0.4 is 10.6 Å². The maximum absolute atomic E-state index is 12.8. The highest BCUT2D eigenvalue weighted by atomic mass is 19.1.